The highest BCUT2D eigenvalue weighted by Gasteiger charge is 2.90. The predicted molar refractivity (Wildman–Crippen MR) is 161 cm³/mol. The van der Waals surface area contributed by atoms with Crippen molar-refractivity contribution in [2.75, 3.05) is 13.2 Å². The maximum atomic E-state index is 13.9. The fraction of sp³-hybridized carbons (Fsp3) is 0.939. The number of carbonyl (C=O) groups excluding carboxylic acids is 2. The Kier molecular flexibility index (Phi) is 21.4. The Morgan fingerprint density at radius 3 is 1.31 bits per heavy atom. The maximum absolute atomic E-state index is 13.9. The molecule has 1 N–H and O–H groups in total. The molecule has 0 aliphatic carbocycles. The summed E-state index contributed by atoms with van der Waals surface area (Å²) in [6.07, 6.45) is 2.82. The highest BCUT2D eigenvalue weighted by atomic mass is 19.4. The van der Waals surface area contributed by atoms with Gasteiger partial charge in [-0.25, -0.2) is 0 Å². The molecule has 0 saturated carbocycles. The Morgan fingerprint density at radius 2 is 0.902 bits per heavy atom. The highest BCUT2D eigenvalue weighted by Crippen LogP contribution is 2.60. The Hall–Kier alpha value is -2.01. The zero-order valence-corrected chi connectivity index (χ0v) is 29.0. The molecule has 5 nitrogen and oxygen atoms in total. The molecule has 0 bridgehead atoms. The van der Waals surface area contributed by atoms with Crippen LogP contribution in [-0.4, -0.2) is 72.2 Å². The summed E-state index contributed by atoms with van der Waals surface area (Å²) in [5.41, 5.74) is 0. The first-order chi connectivity index (χ1) is 23.4. The molecule has 51 heavy (non-hydrogen) atoms. The lowest BCUT2D eigenvalue weighted by molar-refractivity contribution is -0.440. The smallest absolute Gasteiger partial charge is 0.460 e. The van der Waals surface area contributed by atoms with Crippen LogP contribution in [0.3, 0.4) is 0 Å². The predicted octanol–water partition coefficient (Wildman–Crippen LogP) is 11.2. The van der Waals surface area contributed by atoms with Gasteiger partial charge in [-0.3, -0.25) is 9.59 Å². The van der Waals surface area contributed by atoms with Gasteiger partial charge in [0.25, 0.3) is 0 Å². The van der Waals surface area contributed by atoms with Crippen molar-refractivity contribution in [3.63, 3.8) is 0 Å². The van der Waals surface area contributed by atoms with Crippen LogP contribution in [-0.2, 0) is 19.1 Å². The minimum absolute atomic E-state index is 0.0311. The lowest BCUT2D eigenvalue weighted by Gasteiger charge is -2.39. The van der Waals surface area contributed by atoms with E-state index < -0.39 is 79.7 Å². The highest BCUT2D eigenvalue weighted by molar-refractivity contribution is 5.73. The van der Waals surface area contributed by atoms with Crippen LogP contribution in [0.25, 0.3) is 0 Å². The van der Waals surface area contributed by atoms with Gasteiger partial charge < -0.3 is 14.6 Å². The van der Waals surface area contributed by atoms with E-state index in [0.717, 1.165) is 83.5 Å². The molecule has 0 aromatic heterocycles. The van der Waals surface area contributed by atoms with Crippen LogP contribution in [0.5, 0.6) is 0 Å². The molecule has 0 aromatic rings. The Labute approximate surface area is 290 Å². The van der Waals surface area contributed by atoms with E-state index in [2.05, 4.69) is 18.6 Å². The zero-order valence-electron chi connectivity index (χ0n) is 29.0. The zero-order chi connectivity index (χ0) is 39.6. The second-order valence-electron chi connectivity index (χ2n) is 12.9. The quantitative estimate of drug-likeness (QED) is 0.0465. The number of hydrogen-bond acceptors (Lipinski definition) is 5. The SMILES string of the molecule is CCCCCCCCCCC(CCCCCCCC)COC(=O)CC(O)CC(=O)OCCC(F)(F)C(F)(F)C(F)(F)C(F)(F)C(F)(F)C(F)(F)F. The lowest BCUT2D eigenvalue weighted by Crippen LogP contribution is -2.70. The lowest BCUT2D eigenvalue weighted by atomic mass is 9.93. The van der Waals surface area contributed by atoms with Crippen molar-refractivity contribution in [3.05, 3.63) is 0 Å². The third-order valence-corrected chi connectivity index (χ3v) is 8.39. The summed E-state index contributed by atoms with van der Waals surface area (Å²) in [7, 11) is 0. The number of aliphatic hydroxyl groups is 1. The van der Waals surface area contributed by atoms with Gasteiger partial charge >= 0.3 is 47.7 Å². The summed E-state index contributed by atoms with van der Waals surface area (Å²) in [5.74, 6) is -40.2. The number of halogens is 13. The molecule has 0 fully saturated rings. The largest absolute Gasteiger partial charge is 0.465 e. The summed E-state index contributed by atoms with van der Waals surface area (Å²) in [5, 5.41) is 9.99. The average molecular weight is 775 g/mol. The minimum Gasteiger partial charge on any atom is -0.465 e. The minimum atomic E-state index is -8.03. The number of esters is 2. The van der Waals surface area contributed by atoms with E-state index in [9.17, 15) is 71.8 Å². The van der Waals surface area contributed by atoms with Crippen molar-refractivity contribution in [2.45, 2.75) is 178 Å². The average Bonchev–Trinajstić information content (AvgIpc) is 3.01. The van der Waals surface area contributed by atoms with Gasteiger partial charge in [-0.15, -0.1) is 0 Å². The first-order valence-electron chi connectivity index (χ1n) is 17.4. The van der Waals surface area contributed by atoms with E-state index >= 15 is 0 Å². The van der Waals surface area contributed by atoms with Crippen LogP contribution < -0.4 is 0 Å². The molecule has 0 spiro atoms. The van der Waals surface area contributed by atoms with E-state index in [0.29, 0.717) is 0 Å². The van der Waals surface area contributed by atoms with E-state index in [1.165, 1.54) is 19.3 Å². The molecule has 0 radical (unpaired) electrons. The molecule has 0 aliphatic rings. The van der Waals surface area contributed by atoms with E-state index in [1.807, 2.05) is 0 Å². The van der Waals surface area contributed by atoms with Crippen LogP contribution in [0, 0.1) is 5.92 Å². The number of carbonyl (C=O) groups is 2. The normalized spacial score (nSPS) is 14.7. The number of ether oxygens (including phenoxy) is 2. The molecule has 0 aliphatic heterocycles. The number of rotatable bonds is 29. The van der Waals surface area contributed by atoms with Gasteiger partial charge in [0.15, 0.2) is 0 Å². The standard InChI is InChI=1S/C33H51F13O5/c1-3-5-7-9-11-12-14-16-18-24(17-15-13-10-8-6-4-2)23-51-27(49)22-25(47)21-26(48)50-20-19-28(34,35)29(36,37)30(38,39)31(40,41)32(42,43)33(44,45)46/h24-25,47H,3-23H2,1-2H3. The first kappa shape index (κ1) is 49.0. The second kappa shape index (κ2) is 22.3. The van der Waals surface area contributed by atoms with Crippen LogP contribution in [0.2, 0.25) is 0 Å². The monoisotopic (exact) mass is 774 g/mol. The van der Waals surface area contributed by atoms with Crippen molar-refractivity contribution in [2.24, 2.45) is 5.92 Å². The molecule has 18 heteroatoms. The van der Waals surface area contributed by atoms with Crippen LogP contribution >= 0.6 is 0 Å². The first-order valence-corrected chi connectivity index (χ1v) is 17.4. The number of unbranched alkanes of at least 4 members (excludes halogenated alkanes) is 12. The Bertz CT molecular complexity index is 991. The molecule has 2 unspecified atom stereocenters. The van der Waals surface area contributed by atoms with Gasteiger partial charge in [-0.2, -0.15) is 57.1 Å². The topological polar surface area (TPSA) is 72.8 Å². The van der Waals surface area contributed by atoms with Crippen molar-refractivity contribution in [3.8, 4) is 0 Å². The molecule has 0 rings (SSSR count). The summed E-state index contributed by atoms with van der Waals surface area (Å²) >= 11 is 0. The molecule has 304 valence electrons. The van der Waals surface area contributed by atoms with Gasteiger partial charge in [0.05, 0.1) is 38.6 Å². The fourth-order valence-corrected chi connectivity index (χ4v) is 5.13. The molecule has 0 amide bonds. The molecular weight excluding hydrogens is 723 g/mol. The Morgan fingerprint density at radius 1 is 0.529 bits per heavy atom. The van der Waals surface area contributed by atoms with Crippen molar-refractivity contribution >= 4 is 11.9 Å². The van der Waals surface area contributed by atoms with Gasteiger partial charge in [0.2, 0.25) is 0 Å². The summed E-state index contributed by atoms with van der Waals surface area (Å²) in [6.45, 7) is 2.34. The second-order valence-corrected chi connectivity index (χ2v) is 12.9. The van der Waals surface area contributed by atoms with E-state index in [4.69, 9.17) is 4.74 Å². The maximum Gasteiger partial charge on any atom is 0.460 e. The summed E-state index contributed by atoms with van der Waals surface area (Å²) in [4.78, 5) is 24.1. The van der Waals surface area contributed by atoms with Crippen molar-refractivity contribution in [1.29, 1.82) is 0 Å². The van der Waals surface area contributed by atoms with Crippen molar-refractivity contribution in [1.82, 2.24) is 0 Å². The number of hydrogen-bond donors (Lipinski definition) is 1. The van der Waals surface area contributed by atoms with Crippen LogP contribution in [0.4, 0.5) is 57.1 Å². The van der Waals surface area contributed by atoms with Gasteiger partial charge in [-0.05, 0) is 18.8 Å². The number of aliphatic hydroxyl groups excluding tert-OH is 1. The third kappa shape index (κ3) is 15.5. The van der Waals surface area contributed by atoms with Gasteiger partial charge in [0.1, 0.15) is 0 Å². The van der Waals surface area contributed by atoms with Gasteiger partial charge in [-0.1, -0.05) is 104 Å². The van der Waals surface area contributed by atoms with Crippen LogP contribution in [0.15, 0.2) is 0 Å². The van der Waals surface area contributed by atoms with Gasteiger partial charge in [0, 0.05) is 0 Å². The molecule has 0 aromatic carbocycles. The summed E-state index contributed by atoms with van der Waals surface area (Å²) in [6, 6.07) is 0. The third-order valence-electron chi connectivity index (χ3n) is 8.39. The van der Waals surface area contributed by atoms with E-state index in [-0.39, 0.29) is 12.5 Å². The molecular formula is C33H51F13O5. The number of alkyl halides is 13. The fourth-order valence-electron chi connectivity index (χ4n) is 5.13. The molecule has 0 saturated heterocycles. The van der Waals surface area contributed by atoms with E-state index in [1.54, 1.807) is 0 Å². The molecule has 2 atom stereocenters. The Balaban J connectivity index is 4.97. The summed E-state index contributed by atoms with van der Waals surface area (Å²) < 4.78 is 181. The van der Waals surface area contributed by atoms with Crippen LogP contribution in [0.1, 0.15) is 136 Å². The molecule has 0 heterocycles. The van der Waals surface area contributed by atoms with Crippen molar-refractivity contribution < 1.29 is 81.2 Å².